The number of hydrogen-bond acceptors (Lipinski definition) is 2. The number of rotatable bonds is 6. The summed E-state index contributed by atoms with van der Waals surface area (Å²) in [5.74, 6) is -0.949. The second-order valence-corrected chi connectivity index (χ2v) is 21.6. The molecule has 0 aliphatic carbocycles. The lowest BCUT2D eigenvalue weighted by Gasteiger charge is -2.46. The third kappa shape index (κ3) is 4.59. The van der Waals surface area contributed by atoms with Gasteiger partial charge >= 0.3 is 5.97 Å². The van der Waals surface area contributed by atoms with Gasteiger partial charge < -0.3 is 9.53 Å². The molecular weight excluding hydrogens is 416 g/mol. The number of hydrogen-bond donors (Lipinski definition) is 1. The number of carboxylic acids is 1. The van der Waals surface area contributed by atoms with Crippen LogP contribution in [0.25, 0.3) is 0 Å². The molecule has 0 aromatic heterocycles. The topological polar surface area (TPSA) is 46.5 Å². The van der Waals surface area contributed by atoms with Crippen molar-refractivity contribution in [2.45, 2.75) is 83.4 Å². The molecular formula is C26H40O3Si2. The minimum absolute atomic E-state index is 0.0566. The van der Waals surface area contributed by atoms with Crippen LogP contribution in [0.5, 0.6) is 0 Å². The number of aliphatic carboxylic acids is 1. The predicted molar refractivity (Wildman–Crippen MR) is 136 cm³/mol. The molecule has 0 radical (unpaired) electrons. The summed E-state index contributed by atoms with van der Waals surface area (Å²) in [7, 11) is -4.53. The SMILES string of the molecule is CC(C)(C)[Si](C)(C)OC(C(=O)O)(c1ccccc1)c1ccccc1[Si](C)(C)C(C)(C)C. The Morgan fingerprint density at radius 1 is 0.774 bits per heavy atom. The normalized spacial score (nSPS) is 15.4. The molecule has 1 N–H and O–H groups in total. The van der Waals surface area contributed by atoms with Gasteiger partial charge in [0, 0.05) is 0 Å². The molecule has 0 saturated heterocycles. The third-order valence-corrected chi connectivity index (χ3v) is 17.5. The van der Waals surface area contributed by atoms with E-state index >= 15 is 0 Å². The van der Waals surface area contributed by atoms with E-state index in [4.69, 9.17) is 4.43 Å². The van der Waals surface area contributed by atoms with Crippen LogP contribution in [0.1, 0.15) is 52.7 Å². The first-order chi connectivity index (χ1) is 14.0. The Bertz CT molecular complexity index is 922. The van der Waals surface area contributed by atoms with Gasteiger partial charge in [0.1, 0.15) is 0 Å². The molecule has 3 nitrogen and oxygen atoms in total. The van der Waals surface area contributed by atoms with Crippen molar-refractivity contribution in [3.8, 4) is 0 Å². The molecule has 0 spiro atoms. The number of benzene rings is 2. The van der Waals surface area contributed by atoms with Crippen LogP contribution in [0.3, 0.4) is 0 Å². The molecule has 31 heavy (non-hydrogen) atoms. The summed E-state index contributed by atoms with van der Waals surface area (Å²) < 4.78 is 6.93. The largest absolute Gasteiger partial charge is 0.479 e. The molecule has 0 fully saturated rings. The lowest BCUT2D eigenvalue weighted by Crippen LogP contribution is -2.58. The van der Waals surface area contributed by atoms with Crippen LogP contribution in [0, 0.1) is 0 Å². The average Bonchev–Trinajstić information content (AvgIpc) is 2.64. The summed E-state index contributed by atoms with van der Waals surface area (Å²) in [4.78, 5) is 13.3. The molecule has 2 aromatic carbocycles. The van der Waals surface area contributed by atoms with Gasteiger partial charge in [-0.3, -0.25) is 0 Å². The zero-order valence-electron chi connectivity index (χ0n) is 21.0. The van der Waals surface area contributed by atoms with Crippen molar-refractivity contribution in [3.63, 3.8) is 0 Å². The molecule has 0 aliphatic rings. The molecule has 0 amide bonds. The smallest absolute Gasteiger partial charge is 0.344 e. The fourth-order valence-electron chi connectivity index (χ4n) is 3.50. The highest BCUT2D eigenvalue weighted by Gasteiger charge is 2.54. The van der Waals surface area contributed by atoms with Crippen LogP contribution in [0.15, 0.2) is 54.6 Å². The van der Waals surface area contributed by atoms with Crippen molar-refractivity contribution in [2.24, 2.45) is 0 Å². The molecule has 2 aromatic rings. The molecule has 1 atom stereocenters. The second kappa shape index (κ2) is 8.34. The van der Waals surface area contributed by atoms with Crippen LogP contribution in [0.4, 0.5) is 0 Å². The van der Waals surface area contributed by atoms with Gasteiger partial charge in [0.15, 0.2) is 8.32 Å². The van der Waals surface area contributed by atoms with Crippen LogP contribution in [0.2, 0.25) is 36.3 Å². The molecule has 2 rings (SSSR count). The van der Waals surface area contributed by atoms with Crippen LogP contribution in [-0.2, 0) is 14.8 Å². The Hall–Kier alpha value is -1.70. The summed E-state index contributed by atoms with van der Waals surface area (Å²) in [6.45, 7) is 22.1. The lowest BCUT2D eigenvalue weighted by molar-refractivity contribution is -0.153. The van der Waals surface area contributed by atoms with E-state index in [1.807, 2.05) is 48.5 Å². The van der Waals surface area contributed by atoms with Crippen molar-refractivity contribution < 1.29 is 14.3 Å². The number of carboxylic acid groups (broad SMARTS) is 1. The Morgan fingerprint density at radius 2 is 1.26 bits per heavy atom. The van der Waals surface area contributed by atoms with Crippen molar-refractivity contribution in [1.29, 1.82) is 0 Å². The van der Waals surface area contributed by atoms with Crippen molar-refractivity contribution in [3.05, 3.63) is 65.7 Å². The molecule has 0 heterocycles. The van der Waals surface area contributed by atoms with E-state index in [2.05, 4.69) is 73.8 Å². The maximum absolute atomic E-state index is 13.3. The maximum Gasteiger partial charge on any atom is 0.344 e. The van der Waals surface area contributed by atoms with Crippen molar-refractivity contribution in [1.82, 2.24) is 0 Å². The zero-order valence-corrected chi connectivity index (χ0v) is 23.0. The van der Waals surface area contributed by atoms with E-state index in [1.165, 1.54) is 0 Å². The highest BCUT2D eigenvalue weighted by Crippen LogP contribution is 2.46. The van der Waals surface area contributed by atoms with Crippen molar-refractivity contribution in [2.75, 3.05) is 0 Å². The predicted octanol–water partition coefficient (Wildman–Crippen LogP) is 6.75. The van der Waals surface area contributed by atoms with E-state index in [-0.39, 0.29) is 10.1 Å². The highest BCUT2D eigenvalue weighted by atomic mass is 28.4. The molecule has 170 valence electrons. The Labute approximate surface area is 191 Å². The summed E-state index contributed by atoms with van der Waals surface area (Å²) in [5.41, 5.74) is -0.0836. The monoisotopic (exact) mass is 456 g/mol. The summed E-state index contributed by atoms with van der Waals surface area (Å²) in [5, 5.41) is 11.9. The molecule has 5 heteroatoms. The van der Waals surface area contributed by atoms with E-state index in [9.17, 15) is 9.90 Å². The van der Waals surface area contributed by atoms with Crippen LogP contribution in [-0.4, -0.2) is 27.5 Å². The quantitative estimate of drug-likeness (QED) is 0.489. The van der Waals surface area contributed by atoms with Gasteiger partial charge in [-0.15, -0.1) is 0 Å². The first-order valence-corrected chi connectivity index (χ1v) is 17.0. The highest BCUT2D eigenvalue weighted by molar-refractivity contribution is 6.92. The first kappa shape index (κ1) is 25.6. The van der Waals surface area contributed by atoms with Gasteiger partial charge in [0.05, 0.1) is 8.07 Å². The minimum atomic E-state index is -2.46. The van der Waals surface area contributed by atoms with E-state index < -0.39 is 28.0 Å². The maximum atomic E-state index is 13.3. The van der Waals surface area contributed by atoms with Crippen LogP contribution >= 0.6 is 0 Å². The molecule has 0 aliphatic heterocycles. The van der Waals surface area contributed by atoms with Gasteiger partial charge in [0.2, 0.25) is 5.60 Å². The molecule has 0 bridgehead atoms. The zero-order chi connectivity index (χ0) is 23.9. The van der Waals surface area contributed by atoms with E-state index in [0.717, 1.165) is 10.8 Å². The fraction of sp³-hybridized carbons (Fsp3) is 0.500. The fourth-order valence-corrected chi connectivity index (χ4v) is 7.14. The van der Waals surface area contributed by atoms with Gasteiger partial charge in [-0.1, -0.05) is 114 Å². The van der Waals surface area contributed by atoms with Gasteiger partial charge in [0.25, 0.3) is 0 Å². The van der Waals surface area contributed by atoms with Gasteiger partial charge in [-0.05, 0) is 34.3 Å². The summed E-state index contributed by atoms with van der Waals surface area (Å²) in [6.07, 6.45) is 0. The first-order valence-electron chi connectivity index (χ1n) is 11.1. The van der Waals surface area contributed by atoms with E-state index in [1.54, 1.807) is 0 Å². The molecule has 0 saturated carbocycles. The van der Waals surface area contributed by atoms with Crippen molar-refractivity contribution >= 4 is 27.5 Å². The summed E-state index contributed by atoms with van der Waals surface area (Å²) in [6, 6.07) is 17.6. The minimum Gasteiger partial charge on any atom is -0.479 e. The Kier molecular flexibility index (Phi) is 6.88. The third-order valence-electron chi connectivity index (χ3n) is 7.55. The Balaban J connectivity index is 2.97. The Morgan fingerprint density at radius 3 is 1.71 bits per heavy atom. The standard InChI is InChI=1S/C26H40O3Si2/c1-24(2,3)30(7,8)22-19-15-14-18-21(22)26(23(27)28,20-16-12-11-13-17-20)29-31(9,10)25(4,5)6/h11-19H,1-10H3,(H,27,28). The van der Waals surface area contributed by atoms with Crippen LogP contribution < -0.4 is 5.19 Å². The van der Waals surface area contributed by atoms with E-state index in [0.29, 0.717) is 5.56 Å². The lowest BCUT2D eigenvalue weighted by atomic mass is 9.86. The molecule has 1 unspecified atom stereocenters. The summed E-state index contributed by atoms with van der Waals surface area (Å²) >= 11 is 0. The average molecular weight is 457 g/mol. The number of carbonyl (C=O) groups is 1. The van der Waals surface area contributed by atoms with Gasteiger partial charge in [-0.25, -0.2) is 4.79 Å². The van der Waals surface area contributed by atoms with Gasteiger partial charge in [-0.2, -0.15) is 0 Å². The second-order valence-electron chi connectivity index (χ2n) is 11.6.